The maximum absolute atomic E-state index is 13.1. The van der Waals surface area contributed by atoms with Gasteiger partial charge in [0, 0.05) is 36.9 Å². The summed E-state index contributed by atoms with van der Waals surface area (Å²) in [6, 6.07) is 25.1. The van der Waals surface area contributed by atoms with E-state index >= 15 is 0 Å². The lowest BCUT2D eigenvalue weighted by molar-refractivity contribution is 0.151. The molecule has 1 heterocycles. The van der Waals surface area contributed by atoms with Crippen LogP contribution in [0.15, 0.2) is 78.9 Å². The van der Waals surface area contributed by atoms with Crippen molar-refractivity contribution in [3.63, 3.8) is 0 Å². The van der Waals surface area contributed by atoms with Crippen LogP contribution in [0.3, 0.4) is 0 Å². The summed E-state index contributed by atoms with van der Waals surface area (Å²) in [6.07, 6.45) is 0. The lowest BCUT2D eigenvalue weighted by Crippen LogP contribution is -2.50. The van der Waals surface area contributed by atoms with E-state index in [1.54, 1.807) is 12.1 Å². The van der Waals surface area contributed by atoms with Gasteiger partial charge in [0.05, 0.1) is 6.04 Å². The number of anilines is 1. The van der Waals surface area contributed by atoms with E-state index in [-0.39, 0.29) is 11.9 Å². The Balaban J connectivity index is 1.45. The number of thiocarbonyl (C=S) groups is 1. The highest BCUT2D eigenvalue weighted by Crippen LogP contribution is 2.30. The summed E-state index contributed by atoms with van der Waals surface area (Å²) in [7, 11) is 0. The Bertz CT molecular complexity index is 972. The molecule has 0 aliphatic carbocycles. The second-order valence-electron chi connectivity index (χ2n) is 7.32. The van der Waals surface area contributed by atoms with Crippen LogP contribution >= 0.6 is 23.8 Å². The summed E-state index contributed by atoms with van der Waals surface area (Å²) < 4.78 is 13.1. The first-order valence-electron chi connectivity index (χ1n) is 9.96. The van der Waals surface area contributed by atoms with Crippen molar-refractivity contribution in [1.82, 2.24) is 9.80 Å². The molecule has 0 spiro atoms. The SMILES string of the molecule is Fc1ccc(NC(=S)N2CCN([C@@H](c3ccccc3)c3ccc(Cl)cc3)CC2)cc1. The zero-order valence-electron chi connectivity index (χ0n) is 16.5. The molecule has 3 aromatic rings. The second-order valence-corrected chi connectivity index (χ2v) is 8.15. The van der Waals surface area contributed by atoms with E-state index < -0.39 is 0 Å². The van der Waals surface area contributed by atoms with Crippen LogP contribution < -0.4 is 5.32 Å². The van der Waals surface area contributed by atoms with Crippen molar-refractivity contribution in [2.75, 3.05) is 31.5 Å². The van der Waals surface area contributed by atoms with Crippen LogP contribution in [-0.4, -0.2) is 41.1 Å². The first-order valence-corrected chi connectivity index (χ1v) is 10.7. The third-order valence-corrected chi connectivity index (χ3v) is 5.98. The fraction of sp³-hybridized carbons (Fsp3) is 0.208. The largest absolute Gasteiger partial charge is 0.346 e. The summed E-state index contributed by atoms with van der Waals surface area (Å²) >= 11 is 11.7. The third kappa shape index (κ3) is 4.98. The zero-order valence-corrected chi connectivity index (χ0v) is 18.0. The molecule has 1 fully saturated rings. The lowest BCUT2D eigenvalue weighted by atomic mass is 9.96. The predicted molar refractivity (Wildman–Crippen MR) is 126 cm³/mol. The number of piperazine rings is 1. The standard InChI is InChI=1S/C24H23ClFN3S/c25-20-8-6-19(7-9-20)23(18-4-2-1-3-5-18)28-14-16-29(17-15-28)24(30)27-22-12-10-21(26)11-13-22/h1-13,23H,14-17H2,(H,27,30)/t23-/m0/s1. The van der Waals surface area contributed by atoms with Gasteiger partial charge in [0.15, 0.2) is 5.11 Å². The Morgan fingerprint density at radius 3 is 2.07 bits per heavy atom. The first-order chi connectivity index (χ1) is 14.6. The Labute approximate surface area is 187 Å². The molecule has 0 saturated carbocycles. The van der Waals surface area contributed by atoms with E-state index in [2.05, 4.69) is 51.5 Å². The van der Waals surface area contributed by atoms with Gasteiger partial charge in [-0.15, -0.1) is 0 Å². The van der Waals surface area contributed by atoms with Gasteiger partial charge in [-0.2, -0.15) is 0 Å². The number of rotatable bonds is 4. The maximum atomic E-state index is 13.1. The highest BCUT2D eigenvalue weighted by molar-refractivity contribution is 7.80. The topological polar surface area (TPSA) is 18.5 Å². The summed E-state index contributed by atoms with van der Waals surface area (Å²) in [5, 5.41) is 4.62. The molecule has 0 aromatic heterocycles. The number of nitrogens with zero attached hydrogens (tertiary/aromatic N) is 2. The molecule has 1 N–H and O–H groups in total. The molecule has 6 heteroatoms. The van der Waals surface area contributed by atoms with Crippen LogP contribution in [0, 0.1) is 5.82 Å². The fourth-order valence-corrected chi connectivity index (χ4v) is 4.24. The van der Waals surface area contributed by atoms with Crippen molar-refractivity contribution < 1.29 is 4.39 Å². The van der Waals surface area contributed by atoms with Crippen molar-refractivity contribution >= 4 is 34.6 Å². The average molecular weight is 440 g/mol. The van der Waals surface area contributed by atoms with Crippen LogP contribution in [0.1, 0.15) is 17.2 Å². The Morgan fingerprint density at radius 2 is 1.43 bits per heavy atom. The molecule has 1 atom stereocenters. The number of hydrogen-bond donors (Lipinski definition) is 1. The molecule has 3 nitrogen and oxygen atoms in total. The molecular formula is C24H23ClFN3S. The molecule has 0 radical (unpaired) electrons. The first kappa shape index (κ1) is 20.8. The van der Waals surface area contributed by atoms with Gasteiger partial charge in [-0.25, -0.2) is 4.39 Å². The predicted octanol–water partition coefficient (Wildman–Crippen LogP) is 5.58. The highest BCUT2D eigenvalue weighted by atomic mass is 35.5. The molecule has 4 rings (SSSR count). The van der Waals surface area contributed by atoms with Gasteiger partial charge in [-0.1, -0.05) is 54.1 Å². The van der Waals surface area contributed by atoms with Crippen LogP contribution in [0.4, 0.5) is 10.1 Å². The van der Waals surface area contributed by atoms with Crippen LogP contribution in [0.2, 0.25) is 5.02 Å². The van der Waals surface area contributed by atoms with E-state index in [9.17, 15) is 4.39 Å². The van der Waals surface area contributed by atoms with Gasteiger partial charge in [0.25, 0.3) is 0 Å². The van der Waals surface area contributed by atoms with Crippen molar-refractivity contribution in [3.05, 3.63) is 101 Å². The average Bonchev–Trinajstić information content (AvgIpc) is 2.78. The van der Waals surface area contributed by atoms with Gasteiger partial charge in [0.2, 0.25) is 0 Å². The summed E-state index contributed by atoms with van der Waals surface area (Å²) in [4.78, 5) is 4.65. The monoisotopic (exact) mass is 439 g/mol. The van der Waals surface area contributed by atoms with E-state index in [0.717, 1.165) is 36.9 Å². The molecule has 1 aliphatic heterocycles. The second kappa shape index (κ2) is 9.56. The van der Waals surface area contributed by atoms with Crippen LogP contribution in [0.25, 0.3) is 0 Å². The summed E-state index contributed by atoms with van der Waals surface area (Å²) in [6.45, 7) is 3.41. The van der Waals surface area contributed by atoms with E-state index in [4.69, 9.17) is 23.8 Å². The number of benzene rings is 3. The summed E-state index contributed by atoms with van der Waals surface area (Å²) in [5.74, 6) is -0.255. The zero-order chi connectivity index (χ0) is 20.9. The number of halogens is 2. The molecule has 154 valence electrons. The minimum atomic E-state index is -0.255. The van der Waals surface area contributed by atoms with Crippen molar-refractivity contribution in [1.29, 1.82) is 0 Å². The maximum Gasteiger partial charge on any atom is 0.173 e. The number of nitrogens with one attached hydrogen (secondary N) is 1. The van der Waals surface area contributed by atoms with E-state index in [1.165, 1.54) is 23.3 Å². The Kier molecular flexibility index (Phi) is 6.62. The molecular weight excluding hydrogens is 417 g/mol. The third-order valence-electron chi connectivity index (χ3n) is 5.36. The van der Waals surface area contributed by atoms with Gasteiger partial charge < -0.3 is 10.2 Å². The highest BCUT2D eigenvalue weighted by Gasteiger charge is 2.27. The quantitative estimate of drug-likeness (QED) is 0.534. The van der Waals surface area contributed by atoms with E-state index in [0.29, 0.717) is 5.11 Å². The minimum Gasteiger partial charge on any atom is -0.346 e. The fourth-order valence-electron chi connectivity index (χ4n) is 3.81. The smallest absolute Gasteiger partial charge is 0.173 e. The van der Waals surface area contributed by atoms with Crippen LogP contribution in [-0.2, 0) is 0 Å². The minimum absolute atomic E-state index is 0.171. The molecule has 0 amide bonds. The lowest BCUT2D eigenvalue weighted by Gasteiger charge is -2.40. The van der Waals surface area contributed by atoms with Crippen LogP contribution in [0.5, 0.6) is 0 Å². The van der Waals surface area contributed by atoms with Crippen molar-refractivity contribution in [2.45, 2.75) is 6.04 Å². The van der Waals surface area contributed by atoms with Crippen molar-refractivity contribution in [3.8, 4) is 0 Å². The molecule has 30 heavy (non-hydrogen) atoms. The molecule has 1 aliphatic rings. The molecule has 3 aromatic carbocycles. The van der Waals surface area contributed by atoms with Crippen molar-refractivity contribution in [2.24, 2.45) is 0 Å². The van der Waals surface area contributed by atoms with E-state index in [1.807, 2.05) is 18.2 Å². The Morgan fingerprint density at radius 1 is 0.833 bits per heavy atom. The van der Waals surface area contributed by atoms with Gasteiger partial charge >= 0.3 is 0 Å². The summed E-state index contributed by atoms with van der Waals surface area (Å²) in [5.41, 5.74) is 3.29. The van der Waals surface area contributed by atoms with Gasteiger partial charge in [0.1, 0.15) is 5.82 Å². The molecule has 1 saturated heterocycles. The van der Waals surface area contributed by atoms with Gasteiger partial charge in [-0.3, -0.25) is 4.90 Å². The normalized spacial score (nSPS) is 15.6. The number of hydrogen-bond acceptors (Lipinski definition) is 2. The molecule has 0 bridgehead atoms. The Hall–Kier alpha value is -2.47. The molecule has 0 unspecified atom stereocenters. The van der Waals surface area contributed by atoms with Gasteiger partial charge in [-0.05, 0) is 59.7 Å².